The van der Waals surface area contributed by atoms with Crippen LogP contribution in [0.4, 0.5) is 5.69 Å². The van der Waals surface area contributed by atoms with Gasteiger partial charge in [0, 0.05) is 30.1 Å². The van der Waals surface area contributed by atoms with Crippen molar-refractivity contribution in [1.82, 2.24) is 10.2 Å². The Balaban J connectivity index is 2.22. The first-order valence-corrected chi connectivity index (χ1v) is 14.2. The zero-order chi connectivity index (χ0) is 27.3. The molecule has 198 valence electrons. The van der Waals surface area contributed by atoms with Crippen LogP contribution in [0.3, 0.4) is 0 Å². The first-order chi connectivity index (χ1) is 16.6. The maximum absolute atomic E-state index is 13.4. The molecule has 2 rings (SSSR count). The number of amides is 2. The molecule has 0 bridgehead atoms. The monoisotopic (exact) mass is 535 g/mol. The van der Waals surface area contributed by atoms with Crippen LogP contribution in [0.25, 0.3) is 0 Å². The van der Waals surface area contributed by atoms with Crippen molar-refractivity contribution in [3.8, 4) is 0 Å². The van der Waals surface area contributed by atoms with Gasteiger partial charge in [0.1, 0.15) is 6.04 Å². The van der Waals surface area contributed by atoms with Gasteiger partial charge >= 0.3 is 0 Å². The Morgan fingerprint density at radius 2 is 1.67 bits per heavy atom. The molecule has 0 saturated heterocycles. The molecule has 0 saturated carbocycles. The minimum absolute atomic E-state index is 0.0879. The summed E-state index contributed by atoms with van der Waals surface area (Å²) in [6.07, 6.45) is 1.51. The van der Waals surface area contributed by atoms with Gasteiger partial charge in [0.15, 0.2) is 0 Å². The predicted molar refractivity (Wildman–Crippen MR) is 147 cm³/mol. The van der Waals surface area contributed by atoms with Crippen LogP contribution in [-0.2, 0) is 26.2 Å². The lowest BCUT2D eigenvalue weighted by Gasteiger charge is -2.32. The van der Waals surface area contributed by atoms with E-state index in [0.717, 1.165) is 17.4 Å². The fourth-order valence-corrected chi connectivity index (χ4v) is 4.98. The number of nitrogens with one attached hydrogen (secondary N) is 1. The Bertz CT molecular complexity index is 1170. The molecule has 0 spiro atoms. The van der Waals surface area contributed by atoms with Crippen molar-refractivity contribution >= 4 is 39.1 Å². The number of aryl methyl sites for hydroxylation is 1. The molecular weight excluding hydrogens is 498 g/mol. The SMILES string of the molecule is Cc1ccc(CN(C(=O)CCCN(c2cccc(Cl)c2C)S(C)(=O)=O)C(C)C(=O)NC(C)(C)C)cc1. The van der Waals surface area contributed by atoms with Crippen molar-refractivity contribution in [3.63, 3.8) is 0 Å². The molecule has 2 aromatic rings. The zero-order valence-electron chi connectivity index (χ0n) is 22.3. The normalized spacial score (nSPS) is 12.7. The number of sulfonamides is 1. The Morgan fingerprint density at radius 1 is 1.06 bits per heavy atom. The minimum Gasteiger partial charge on any atom is -0.350 e. The number of rotatable bonds is 10. The third-order valence-electron chi connectivity index (χ3n) is 5.80. The molecule has 1 unspecified atom stereocenters. The second kappa shape index (κ2) is 12.1. The number of anilines is 1. The van der Waals surface area contributed by atoms with E-state index >= 15 is 0 Å². The molecule has 36 heavy (non-hydrogen) atoms. The number of hydrogen-bond acceptors (Lipinski definition) is 4. The van der Waals surface area contributed by atoms with E-state index in [1.54, 1.807) is 36.9 Å². The number of carbonyl (C=O) groups excluding carboxylic acids is 2. The molecule has 0 aromatic heterocycles. The lowest BCUT2D eigenvalue weighted by molar-refractivity contribution is -0.141. The van der Waals surface area contributed by atoms with Gasteiger partial charge in [0.25, 0.3) is 0 Å². The van der Waals surface area contributed by atoms with Crippen molar-refractivity contribution in [2.45, 2.75) is 72.5 Å². The number of carbonyl (C=O) groups is 2. The molecule has 0 aliphatic carbocycles. The Morgan fingerprint density at radius 3 is 2.22 bits per heavy atom. The highest BCUT2D eigenvalue weighted by atomic mass is 35.5. The van der Waals surface area contributed by atoms with Gasteiger partial charge in [0.05, 0.1) is 11.9 Å². The van der Waals surface area contributed by atoms with E-state index in [1.165, 1.54) is 4.31 Å². The van der Waals surface area contributed by atoms with Crippen molar-refractivity contribution < 1.29 is 18.0 Å². The lowest BCUT2D eigenvalue weighted by atomic mass is 10.1. The maximum Gasteiger partial charge on any atom is 0.242 e. The van der Waals surface area contributed by atoms with Gasteiger partial charge in [-0.15, -0.1) is 0 Å². The summed E-state index contributed by atoms with van der Waals surface area (Å²) in [7, 11) is -3.59. The molecule has 2 aromatic carbocycles. The maximum atomic E-state index is 13.4. The Labute approximate surface area is 220 Å². The van der Waals surface area contributed by atoms with Gasteiger partial charge in [0.2, 0.25) is 21.8 Å². The second-order valence-electron chi connectivity index (χ2n) is 10.2. The van der Waals surface area contributed by atoms with Crippen LogP contribution in [0.1, 0.15) is 57.2 Å². The summed E-state index contributed by atoms with van der Waals surface area (Å²) in [5, 5.41) is 3.42. The molecule has 0 heterocycles. The first kappa shape index (κ1) is 29.6. The fraction of sp³-hybridized carbons (Fsp3) is 0.481. The van der Waals surface area contributed by atoms with Crippen LogP contribution in [0, 0.1) is 13.8 Å². The highest BCUT2D eigenvalue weighted by Crippen LogP contribution is 2.28. The average molecular weight is 536 g/mol. The summed E-state index contributed by atoms with van der Waals surface area (Å²) in [6.45, 7) is 11.5. The molecule has 1 atom stereocenters. The number of benzene rings is 2. The molecule has 9 heteroatoms. The number of nitrogens with zero attached hydrogens (tertiary/aromatic N) is 2. The van der Waals surface area contributed by atoms with Crippen LogP contribution in [0.5, 0.6) is 0 Å². The molecule has 2 amide bonds. The van der Waals surface area contributed by atoms with Gasteiger partial charge in [-0.2, -0.15) is 0 Å². The Hall–Kier alpha value is -2.58. The summed E-state index contributed by atoms with van der Waals surface area (Å²) in [5.41, 5.74) is 2.73. The van der Waals surface area contributed by atoms with Gasteiger partial charge in [-0.05, 0) is 71.2 Å². The van der Waals surface area contributed by atoms with Gasteiger partial charge < -0.3 is 10.2 Å². The molecular formula is C27H38ClN3O4S. The largest absolute Gasteiger partial charge is 0.350 e. The highest BCUT2D eigenvalue weighted by molar-refractivity contribution is 7.92. The van der Waals surface area contributed by atoms with Crippen molar-refractivity contribution in [3.05, 3.63) is 64.2 Å². The summed E-state index contributed by atoms with van der Waals surface area (Å²) in [5.74, 6) is -0.460. The first-order valence-electron chi connectivity index (χ1n) is 12.0. The van der Waals surface area contributed by atoms with Crippen LogP contribution in [0.2, 0.25) is 5.02 Å². The van der Waals surface area contributed by atoms with Crippen LogP contribution >= 0.6 is 11.6 Å². The summed E-state index contributed by atoms with van der Waals surface area (Å²) in [4.78, 5) is 27.8. The summed E-state index contributed by atoms with van der Waals surface area (Å²) in [6, 6.07) is 12.2. The molecule has 0 fully saturated rings. The van der Waals surface area contributed by atoms with E-state index in [9.17, 15) is 18.0 Å². The highest BCUT2D eigenvalue weighted by Gasteiger charge is 2.29. The van der Waals surface area contributed by atoms with Crippen LogP contribution in [0.15, 0.2) is 42.5 Å². The quantitative estimate of drug-likeness (QED) is 0.472. The molecule has 7 nitrogen and oxygen atoms in total. The van der Waals surface area contributed by atoms with E-state index in [0.29, 0.717) is 16.3 Å². The number of halogens is 1. The van der Waals surface area contributed by atoms with E-state index in [2.05, 4.69) is 5.32 Å². The van der Waals surface area contributed by atoms with Gasteiger partial charge in [-0.3, -0.25) is 13.9 Å². The van der Waals surface area contributed by atoms with Crippen LogP contribution in [-0.4, -0.2) is 49.5 Å². The molecule has 0 aliphatic heterocycles. The molecule has 1 N–H and O–H groups in total. The van der Waals surface area contributed by atoms with Gasteiger partial charge in [-0.25, -0.2) is 8.42 Å². The average Bonchev–Trinajstić information content (AvgIpc) is 2.76. The number of hydrogen-bond donors (Lipinski definition) is 1. The fourth-order valence-electron chi connectivity index (χ4n) is 3.80. The van der Waals surface area contributed by atoms with E-state index < -0.39 is 21.6 Å². The Kier molecular flexibility index (Phi) is 9.97. The zero-order valence-corrected chi connectivity index (χ0v) is 23.8. The second-order valence-corrected chi connectivity index (χ2v) is 12.6. The van der Waals surface area contributed by atoms with E-state index in [4.69, 9.17) is 11.6 Å². The van der Waals surface area contributed by atoms with Crippen molar-refractivity contribution in [2.75, 3.05) is 17.1 Å². The standard InChI is InChI=1S/C27H38ClN3O4S/c1-19-13-15-22(16-14-19)18-30(21(3)26(33)29-27(4,5)6)25(32)12-9-17-31(36(7,34)35)24-11-8-10-23(28)20(24)2/h8,10-11,13-16,21H,9,12,17-18H2,1-7H3,(H,29,33). The topological polar surface area (TPSA) is 86.8 Å². The summed E-state index contributed by atoms with van der Waals surface area (Å²) >= 11 is 6.21. The van der Waals surface area contributed by atoms with Crippen LogP contribution < -0.4 is 9.62 Å². The smallest absolute Gasteiger partial charge is 0.242 e. The molecule has 0 aliphatic rings. The lowest BCUT2D eigenvalue weighted by Crippen LogP contribution is -2.52. The molecule has 0 radical (unpaired) electrons. The van der Waals surface area contributed by atoms with Gasteiger partial charge in [-0.1, -0.05) is 47.5 Å². The van der Waals surface area contributed by atoms with E-state index in [1.807, 2.05) is 52.0 Å². The summed E-state index contributed by atoms with van der Waals surface area (Å²) < 4.78 is 26.4. The van der Waals surface area contributed by atoms with Crippen molar-refractivity contribution in [2.24, 2.45) is 0 Å². The predicted octanol–water partition coefficient (Wildman–Crippen LogP) is 4.84. The third-order valence-corrected chi connectivity index (χ3v) is 7.39. The third kappa shape index (κ3) is 8.52. The minimum atomic E-state index is -3.59. The van der Waals surface area contributed by atoms with E-state index in [-0.39, 0.29) is 37.7 Å². The van der Waals surface area contributed by atoms with Crippen molar-refractivity contribution in [1.29, 1.82) is 0 Å².